The molecule has 1 heterocycles. The maximum atomic E-state index is 12.3. The van der Waals surface area contributed by atoms with Crippen molar-refractivity contribution in [3.05, 3.63) is 0 Å². The predicted molar refractivity (Wildman–Crippen MR) is 89.9 cm³/mol. The first-order valence-corrected chi connectivity index (χ1v) is 10.9. The van der Waals surface area contributed by atoms with Gasteiger partial charge in [0.15, 0.2) is 5.88 Å². The van der Waals surface area contributed by atoms with Gasteiger partial charge in [0.05, 0.1) is 7.11 Å². The van der Waals surface area contributed by atoms with Crippen LogP contribution in [0.25, 0.3) is 0 Å². The second-order valence-electron chi connectivity index (χ2n) is 5.74. The van der Waals surface area contributed by atoms with Gasteiger partial charge in [-0.1, -0.05) is 26.7 Å². The van der Waals surface area contributed by atoms with Gasteiger partial charge < -0.3 is 4.74 Å². The molecule has 1 unspecified atom stereocenters. The molecular weight excluding hydrogens is 374 g/mol. The van der Waals surface area contributed by atoms with Crippen molar-refractivity contribution in [2.24, 2.45) is 0 Å². The number of ether oxygens (including phenoxy) is 1. The van der Waals surface area contributed by atoms with Crippen molar-refractivity contribution in [3.8, 4) is 0 Å². The van der Waals surface area contributed by atoms with E-state index in [0.717, 1.165) is 11.4 Å². The van der Waals surface area contributed by atoms with Crippen LogP contribution in [0.5, 0.6) is 0 Å². The van der Waals surface area contributed by atoms with Gasteiger partial charge in [-0.25, -0.2) is 12.7 Å². The van der Waals surface area contributed by atoms with E-state index in [1.807, 2.05) is 0 Å². The number of esters is 1. The molecule has 146 valence electrons. The molecule has 2 atom stereocenters. The second-order valence-corrected chi connectivity index (χ2v) is 9.38. The van der Waals surface area contributed by atoms with Crippen LogP contribution in [-0.4, -0.2) is 69.4 Å². The molecule has 12 heteroatoms. The summed E-state index contributed by atoms with van der Waals surface area (Å²) in [5, 5.41) is 0. The van der Waals surface area contributed by atoms with Crippen LogP contribution in [0.3, 0.4) is 0 Å². The molecule has 0 bridgehead atoms. The number of nitrogens with one attached hydrogen (secondary N) is 1. The minimum Gasteiger partial charge on any atom is -0.468 e. The van der Waals surface area contributed by atoms with Gasteiger partial charge in [-0.15, -0.1) is 0 Å². The SMILES string of the molecule is CCCC1C(=O)N(CS(=O)(=O)N[C@@H](CCC)C(=O)OC)S(=O)(=O)N1C. The Morgan fingerprint density at radius 1 is 1.32 bits per heavy atom. The highest BCUT2D eigenvalue weighted by molar-refractivity contribution is 7.92. The van der Waals surface area contributed by atoms with Gasteiger partial charge in [0, 0.05) is 7.05 Å². The second kappa shape index (κ2) is 8.43. The third-order valence-corrected chi connectivity index (χ3v) is 7.10. The van der Waals surface area contributed by atoms with Crippen molar-refractivity contribution in [2.75, 3.05) is 20.0 Å². The molecule has 25 heavy (non-hydrogen) atoms. The van der Waals surface area contributed by atoms with E-state index in [-0.39, 0.29) is 6.42 Å². The van der Waals surface area contributed by atoms with E-state index in [2.05, 4.69) is 9.46 Å². The van der Waals surface area contributed by atoms with Crippen molar-refractivity contribution in [1.82, 2.24) is 13.3 Å². The minimum absolute atomic E-state index is 0.185. The normalized spacial score (nSPS) is 22.2. The number of sulfonamides is 1. The monoisotopic (exact) mass is 399 g/mol. The van der Waals surface area contributed by atoms with Crippen molar-refractivity contribution in [2.45, 2.75) is 51.6 Å². The molecule has 1 saturated heterocycles. The number of nitrogens with zero attached hydrogens (tertiary/aromatic N) is 2. The standard InChI is InChI=1S/C13H25N3O7S2/c1-5-7-10(13(18)23-4)14-24(19,20)9-16-12(17)11(8-6-2)15(3)25(16,21)22/h10-11,14H,5-9H2,1-4H3/t10-,11?/m0/s1. The molecule has 1 aliphatic rings. The Labute approximate surface area is 148 Å². The van der Waals surface area contributed by atoms with Crippen molar-refractivity contribution in [3.63, 3.8) is 0 Å². The molecular formula is C13H25N3O7S2. The summed E-state index contributed by atoms with van der Waals surface area (Å²) in [6.07, 6.45) is 1.55. The smallest absolute Gasteiger partial charge is 0.323 e. The lowest BCUT2D eigenvalue weighted by atomic mass is 10.1. The van der Waals surface area contributed by atoms with Gasteiger partial charge in [0.2, 0.25) is 10.0 Å². The number of likely N-dealkylation sites (N-methyl/N-ethyl adjacent to an activating group) is 1. The van der Waals surface area contributed by atoms with Crippen LogP contribution >= 0.6 is 0 Å². The Morgan fingerprint density at radius 2 is 1.92 bits per heavy atom. The van der Waals surface area contributed by atoms with Gasteiger partial charge in [0.25, 0.3) is 5.91 Å². The van der Waals surface area contributed by atoms with Crippen molar-refractivity contribution >= 4 is 32.1 Å². The lowest BCUT2D eigenvalue weighted by Gasteiger charge is -2.19. The van der Waals surface area contributed by atoms with Gasteiger partial charge in [-0.2, -0.15) is 17.4 Å². The largest absolute Gasteiger partial charge is 0.468 e. The minimum atomic E-state index is -4.26. The molecule has 1 amide bonds. The Balaban J connectivity index is 3.02. The number of rotatable bonds is 9. The number of carbonyl (C=O) groups excluding carboxylic acids is 2. The van der Waals surface area contributed by atoms with E-state index in [4.69, 9.17) is 0 Å². The van der Waals surface area contributed by atoms with Gasteiger partial charge >= 0.3 is 16.2 Å². The summed E-state index contributed by atoms with van der Waals surface area (Å²) in [5.74, 6) is -2.64. The van der Waals surface area contributed by atoms with Gasteiger partial charge in [-0.05, 0) is 12.8 Å². The predicted octanol–water partition coefficient (Wildman–Crippen LogP) is -0.607. The van der Waals surface area contributed by atoms with E-state index in [1.165, 1.54) is 7.05 Å². The molecule has 1 aliphatic heterocycles. The summed E-state index contributed by atoms with van der Waals surface area (Å²) in [6.45, 7) is 3.55. The Bertz CT molecular complexity index is 705. The van der Waals surface area contributed by atoms with Gasteiger partial charge in [-0.3, -0.25) is 9.59 Å². The fourth-order valence-electron chi connectivity index (χ4n) is 2.52. The molecule has 1 rings (SSSR count). The van der Waals surface area contributed by atoms with E-state index in [9.17, 15) is 26.4 Å². The summed E-state index contributed by atoms with van der Waals surface area (Å²) in [4.78, 5) is 24.0. The van der Waals surface area contributed by atoms with Crippen LogP contribution < -0.4 is 4.72 Å². The zero-order chi connectivity index (χ0) is 19.4. The summed E-state index contributed by atoms with van der Waals surface area (Å²) in [6, 6.07) is -2.05. The molecule has 0 aliphatic carbocycles. The molecule has 1 fully saturated rings. The third-order valence-electron chi connectivity index (χ3n) is 3.85. The van der Waals surface area contributed by atoms with Crippen LogP contribution in [0.15, 0.2) is 0 Å². The maximum absolute atomic E-state index is 12.3. The highest BCUT2D eigenvalue weighted by Crippen LogP contribution is 2.25. The van der Waals surface area contributed by atoms with E-state index < -0.39 is 50.1 Å². The van der Waals surface area contributed by atoms with Crippen molar-refractivity contribution in [1.29, 1.82) is 0 Å². The highest BCUT2D eigenvalue weighted by atomic mass is 32.2. The molecule has 0 radical (unpaired) electrons. The highest BCUT2D eigenvalue weighted by Gasteiger charge is 2.49. The van der Waals surface area contributed by atoms with Crippen LogP contribution in [0, 0.1) is 0 Å². The topological polar surface area (TPSA) is 130 Å². The molecule has 0 spiro atoms. The first kappa shape index (κ1) is 21.8. The third kappa shape index (κ3) is 4.90. The first-order chi connectivity index (χ1) is 11.5. The van der Waals surface area contributed by atoms with E-state index >= 15 is 0 Å². The van der Waals surface area contributed by atoms with Gasteiger partial charge in [0.1, 0.15) is 12.1 Å². The number of hydrogen-bond donors (Lipinski definition) is 1. The summed E-state index contributed by atoms with van der Waals surface area (Å²) >= 11 is 0. The Hall–Kier alpha value is -1.24. The number of methoxy groups -OCH3 is 1. The molecule has 10 nitrogen and oxygen atoms in total. The van der Waals surface area contributed by atoms with Crippen LogP contribution in [0.1, 0.15) is 39.5 Å². The van der Waals surface area contributed by atoms with E-state index in [0.29, 0.717) is 23.6 Å². The van der Waals surface area contributed by atoms with Crippen LogP contribution in [0.4, 0.5) is 0 Å². The first-order valence-electron chi connectivity index (χ1n) is 7.89. The molecule has 1 N–H and O–H groups in total. The average molecular weight is 399 g/mol. The fraction of sp³-hybridized carbons (Fsp3) is 0.846. The quantitative estimate of drug-likeness (QED) is 0.512. The Morgan fingerprint density at radius 3 is 2.40 bits per heavy atom. The lowest BCUT2D eigenvalue weighted by molar-refractivity contribution is -0.142. The number of carbonyl (C=O) groups is 2. The fourth-order valence-corrected chi connectivity index (χ4v) is 5.81. The van der Waals surface area contributed by atoms with Crippen LogP contribution in [-0.2, 0) is 34.6 Å². The Kier molecular flexibility index (Phi) is 7.35. The number of amides is 1. The van der Waals surface area contributed by atoms with Crippen molar-refractivity contribution < 1.29 is 31.2 Å². The average Bonchev–Trinajstić information content (AvgIpc) is 2.68. The summed E-state index contributed by atoms with van der Waals surface area (Å²) < 4.78 is 57.1. The maximum Gasteiger partial charge on any atom is 0.323 e. The summed E-state index contributed by atoms with van der Waals surface area (Å²) in [7, 11) is -6.11. The molecule has 0 aromatic rings. The number of hydrogen-bond acceptors (Lipinski definition) is 7. The van der Waals surface area contributed by atoms with Crippen LogP contribution in [0.2, 0.25) is 0 Å². The molecule has 0 aromatic carbocycles. The molecule has 0 saturated carbocycles. The zero-order valence-corrected chi connectivity index (χ0v) is 16.4. The molecule has 0 aromatic heterocycles. The zero-order valence-electron chi connectivity index (χ0n) is 14.8. The lowest BCUT2D eigenvalue weighted by Crippen LogP contribution is -2.47. The van der Waals surface area contributed by atoms with E-state index in [1.54, 1.807) is 13.8 Å². The summed E-state index contributed by atoms with van der Waals surface area (Å²) in [5.41, 5.74) is 0.